The third-order valence-corrected chi connectivity index (χ3v) is 2.85. The van der Waals surface area contributed by atoms with E-state index in [9.17, 15) is 4.79 Å². The summed E-state index contributed by atoms with van der Waals surface area (Å²) in [5.41, 5.74) is 1.67. The van der Waals surface area contributed by atoms with E-state index in [1.807, 2.05) is 25.5 Å². The third kappa shape index (κ3) is 3.31. The number of benzene rings is 1. The molecule has 1 aliphatic rings. The predicted octanol–water partition coefficient (Wildman–Crippen LogP) is 2.12. The number of ether oxygens (including phenoxy) is 3. The predicted molar refractivity (Wildman–Crippen MR) is 66.0 cm³/mol. The lowest BCUT2D eigenvalue weighted by atomic mass is 10.1. The van der Waals surface area contributed by atoms with Crippen molar-refractivity contribution in [3.05, 3.63) is 41.8 Å². The number of methoxy groups -OCH3 is 1. The summed E-state index contributed by atoms with van der Waals surface area (Å²) in [7, 11) is 1.60. The highest BCUT2D eigenvalue weighted by molar-refractivity contribution is 5.89. The number of carbonyl (C=O) groups excluding carboxylic acids is 1. The molecule has 1 aliphatic heterocycles. The molecule has 0 aromatic heterocycles. The monoisotopic (exact) mass is 249 g/mol. The van der Waals surface area contributed by atoms with Gasteiger partial charge in [0.05, 0.1) is 11.7 Å². The summed E-state index contributed by atoms with van der Waals surface area (Å²) in [6.45, 7) is 2.20. The van der Waals surface area contributed by atoms with Gasteiger partial charge in [-0.1, -0.05) is 17.7 Å². The third-order valence-electron chi connectivity index (χ3n) is 2.85. The Morgan fingerprint density at radius 1 is 1.39 bits per heavy atom. The van der Waals surface area contributed by atoms with Crippen LogP contribution in [0, 0.1) is 13.3 Å². The molecule has 97 valence electrons. The van der Waals surface area contributed by atoms with Crippen molar-refractivity contribution in [2.45, 2.75) is 25.7 Å². The number of aryl methyl sites for hydroxylation is 1. The average molecular weight is 249 g/mol. The standard InChI is InChI=1S/C14H17O4/c1-10-3-5-11(6-4-10)14(15)17-9-12-7-8-13(16-2)18-12/h3-7,12-13H,8-9H2,1-2H3. The minimum Gasteiger partial charge on any atom is -0.459 e. The molecule has 1 heterocycles. The smallest absolute Gasteiger partial charge is 0.338 e. The summed E-state index contributed by atoms with van der Waals surface area (Å²) in [5, 5.41) is 0. The minimum atomic E-state index is -0.326. The van der Waals surface area contributed by atoms with Crippen molar-refractivity contribution in [3.63, 3.8) is 0 Å². The molecule has 1 saturated heterocycles. The van der Waals surface area contributed by atoms with Crippen LogP contribution < -0.4 is 0 Å². The van der Waals surface area contributed by atoms with E-state index in [0.717, 1.165) is 12.0 Å². The molecule has 18 heavy (non-hydrogen) atoms. The summed E-state index contributed by atoms with van der Waals surface area (Å²) in [6, 6.07) is 7.29. The maximum Gasteiger partial charge on any atom is 0.338 e. The molecule has 0 aliphatic carbocycles. The fourth-order valence-corrected chi connectivity index (χ4v) is 1.76. The lowest BCUT2D eigenvalue weighted by molar-refractivity contribution is -0.122. The lowest BCUT2D eigenvalue weighted by Gasteiger charge is -2.12. The van der Waals surface area contributed by atoms with Gasteiger partial charge in [0.25, 0.3) is 0 Å². The van der Waals surface area contributed by atoms with Gasteiger partial charge >= 0.3 is 5.97 Å². The number of esters is 1. The highest BCUT2D eigenvalue weighted by Crippen LogP contribution is 2.19. The maximum absolute atomic E-state index is 11.7. The van der Waals surface area contributed by atoms with Crippen LogP contribution in [0.4, 0.5) is 0 Å². The average Bonchev–Trinajstić information content (AvgIpc) is 2.85. The van der Waals surface area contributed by atoms with Gasteiger partial charge in [0, 0.05) is 13.5 Å². The first kappa shape index (κ1) is 13.1. The fraction of sp³-hybridized carbons (Fsp3) is 0.429. The molecule has 0 amide bonds. The minimum absolute atomic E-state index is 0.177. The first-order valence-corrected chi connectivity index (χ1v) is 5.94. The molecule has 0 N–H and O–H groups in total. The van der Waals surface area contributed by atoms with Crippen LogP contribution in [0.2, 0.25) is 0 Å². The summed E-state index contributed by atoms with van der Waals surface area (Å²) in [5.74, 6) is -0.326. The molecule has 2 rings (SSSR count). The van der Waals surface area contributed by atoms with Gasteiger partial charge in [-0.15, -0.1) is 0 Å². The van der Waals surface area contributed by atoms with E-state index in [0.29, 0.717) is 5.56 Å². The van der Waals surface area contributed by atoms with E-state index in [2.05, 4.69) is 0 Å². The van der Waals surface area contributed by atoms with Crippen molar-refractivity contribution in [1.82, 2.24) is 0 Å². The largest absolute Gasteiger partial charge is 0.459 e. The molecule has 0 saturated carbocycles. The quantitative estimate of drug-likeness (QED) is 0.767. The number of carbonyl (C=O) groups is 1. The SMILES string of the molecule is COC1C[CH]C(COC(=O)c2ccc(C)cc2)O1. The van der Waals surface area contributed by atoms with Crippen LogP contribution in [0.5, 0.6) is 0 Å². The second-order valence-electron chi connectivity index (χ2n) is 4.28. The summed E-state index contributed by atoms with van der Waals surface area (Å²) >= 11 is 0. The van der Waals surface area contributed by atoms with Crippen molar-refractivity contribution in [2.75, 3.05) is 13.7 Å². The molecular formula is C14H17O4. The van der Waals surface area contributed by atoms with Crippen molar-refractivity contribution in [2.24, 2.45) is 0 Å². The highest BCUT2D eigenvalue weighted by Gasteiger charge is 2.26. The first-order valence-electron chi connectivity index (χ1n) is 5.94. The molecule has 4 nitrogen and oxygen atoms in total. The molecule has 2 unspecified atom stereocenters. The van der Waals surface area contributed by atoms with Crippen LogP contribution in [-0.2, 0) is 14.2 Å². The fourth-order valence-electron chi connectivity index (χ4n) is 1.76. The van der Waals surface area contributed by atoms with Gasteiger partial charge in [-0.2, -0.15) is 0 Å². The van der Waals surface area contributed by atoms with E-state index < -0.39 is 0 Å². The Kier molecular flexibility index (Phi) is 4.33. The highest BCUT2D eigenvalue weighted by atomic mass is 16.7. The summed E-state index contributed by atoms with van der Waals surface area (Å²) in [4.78, 5) is 11.7. The van der Waals surface area contributed by atoms with E-state index in [1.165, 1.54) is 0 Å². The van der Waals surface area contributed by atoms with Gasteiger partial charge in [0.15, 0.2) is 6.29 Å². The van der Waals surface area contributed by atoms with Crippen LogP contribution in [0.25, 0.3) is 0 Å². The van der Waals surface area contributed by atoms with E-state index in [-0.39, 0.29) is 25.0 Å². The molecular weight excluding hydrogens is 232 g/mol. The molecule has 1 aromatic rings. The zero-order chi connectivity index (χ0) is 13.0. The lowest BCUT2D eigenvalue weighted by Crippen LogP contribution is -2.20. The summed E-state index contributed by atoms with van der Waals surface area (Å²) < 4.78 is 15.7. The van der Waals surface area contributed by atoms with Crippen LogP contribution in [-0.4, -0.2) is 32.1 Å². The Labute approximate surface area is 107 Å². The van der Waals surface area contributed by atoms with Crippen LogP contribution in [0.3, 0.4) is 0 Å². The molecule has 1 fully saturated rings. The number of hydrogen-bond acceptors (Lipinski definition) is 4. The Morgan fingerprint density at radius 3 is 2.72 bits per heavy atom. The van der Waals surface area contributed by atoms with Crippen molar-refractivity contribution in [3.8, 4) is 0 Å². The summed E-state index contributed by atoms with van der Waals surface area (Å²) in [6.07, 6.45) is 2.29. The van der Waals surface area contributed by atoms with Gasteiger partial charge in [0.1, 0.15) is 6.61 Å². The normalized spacial score (nSPS) is 23.0. The van der Waals surface area contributed by atoms with Crippen molar-refractivity contribution < 1.29 is 19.0 Å². The Balaban J connectivity index is 1.80. The Hall–Kier alpha value is -1.39. The molecule has 4 heteroatoms. The van der Waals surface area contributed by atoms with Gasteiger partial charge in [-0.25, -0.2) is 4.79 Å². The maximum atomic E-state index is 11.7. The molecule has 2 atom stereocenters. The van der Waals surface area contributed by atoms with Crippen molar-refractivity contribution >= 4 is 5.97 Å². The number of rotatable bonds is 4. The first-order chi connectivity index (χ1) is 8.69. The molecule has 0 bridgehead atoms. The van der Waals surface area contributed by atoms with E-state index in [1.54, 1.807) is 19.2 Å². The molecule has 1 aromatic carbocycles. The van der Waals surface area contributed by atoms with Crippen LogP contribution in [0.1, 0.15) is 22.3 Å². The second kappa shape index (κ2) is 5.98. The van der Waals surface area contributed by atoms with Gasteiger partial charge < -0.3 is 14.2 Å². The molecule has 0 spiro atoms. The number of hydrogen-bond donors (Lipinski definition) is 0. The zero-order valence-corrected chi connectivity index (χ0v) is 10.6. The van der Waals surface area contributed by atoms with Crippen LogP contribution in [0.15, 0.2) is 24.3 Å². The second-order valence-corrected chi connectivity index (χ2v) is 4.28. The van der Waals surface area contributed by atoms with E-state index >= 15 is 0 Å². The van der Waals surface area contributed by atoms with Crippen LogP contribution >= 0.6 is 0 Å². The Bertz CT molecular complexity index is 399. The molecule has 1 radical (unpaired) electrons. The zero-order valence-electron chi connectivity index (χ0n) is 10.6. The topological polar surface area (TPSA) is 44.8 Å². The van der Waals surface area contributed by atoms with Gasteiger partial charge in [-0.05, 0) is 25.5 Å². The Morgan fingerprint density at radius 2 is 2.11 bits per heavy atom. The van der Waals surface area contributed by atoms with Crippen molar-refractivity contribution in [1.29, 1.82) is 0 Å². The van der Waals surface area contributed by atoms with Gasteiger partial charge in [-0.3, -0.25) is 0 Å². The van der Waals surface area contributed by atoms with E-state index in [4.69, 9.17) is 14.2 Å². The van der Waals surface area contributed by atoms with Gasteiger partial charge in [0.2, 0.25) is 0 Å².